The summed E-state index contributed by atoms with van der Waals surface area (Å²) in [7, 11) is 0. The Bertz CT molecular complexity index is 884. The number of non-ortho nitro benzene ring substituents is 1. The molecule has 0 spiro atoms. The molecular weight excluding hydrogens is 346 g/mol. The highest BCUT2D eigenvalue weighted by molar-refractivity contribution is 7.14. The maximum absolute atomic E-state index is 11.9. The number of nitrogens with zero attached hydrogens (tertiary/aromatic N) is 2. The monoisotopic (exact) mass is 357 g/mol. The largest absolute Gasteiger partial charge is 0.298 e. The topological polar surface area (TPSA) is 85.1 Å². The number of hydrogen-bond donors (Lipinski definition) is 1. The second kappa shape index (κ2) is 7.16. The molecular formula is C16H11N3O3S2. The van der Waals surface area contributed by atoms with Crippen molar-refractivity contribution in [2.75, 3.05) is 5.32 Å². The van der Waals surface area contributed by atoms with Crippen molar-refractivity contribution in [1.29, 1.82) is 0 Å². The summed E-state index contributed by atoms with van der Waals surface area (Å²) in [6, 6.07) is 9.96. The molecule has 1 amide bonds. The number of nitro benzene ring substituents is 1. The first-order valence-electron chi connectivity index (χ1n) is 6.85. The van der Waals surface area contributed by atoms with E-state index in [-0.39, 0.29) is 11.6 Å². The van der Waals surface area contributed by atoms with Gasteiger partial charge in [0.2, 0.25) is 5.91 Å². The summed E-state index contributed by atoms with van der Waals surface area (Å²) in [6.07, 6.45) is 3.20. The maximum Gasteiger partial charge on any atom is 0.269 e. The van der Waals surface area contributed by atoms with Crippen LogP contribution >= 0.6 is 22.7 Å². The van der Waals surface area contributed by atoms with Crippen LogP contribution in [0.1, 0.15) is 4.88 Å². The van der Waals surface area contributed by atoms with E-state index in [2.05, 4.69) is 10.3 Å². The highest BCUT2D eigenvalue weighted by Gasteiger charge is 2.09. The molecule has 0 atom stereocenters. The quantitative estimate of drug-likeness (QED) is 0.416. The summed E-state index contributed by atoms with van der Waals surface area (Å²) >= 11 is 2.85. The van der Waals surface area contributed by atoms with E-state index in [1.165, 1.54) is 29.5 Å². The first-order valence-corrected chi connectivity index (χ1v) is 8.61. The van der Waals surface area contributed by atoms with Crippen LogP contribution in [0.25, 0.3) is 17.3 Å². The van der Waals surface area contributed by atoms with Crippen LogP contribution in [0.15, 0.2) is 53.2 Å². The standard InChI is InChI=1S/C16H11N3O3S2/c20-15(8-7-13-2-1-9-23-13)18-16-17-14(10-24-16)11-3-5-12(6-4-11)19(21)22/h1-10H,(H,17,18,20). The highest BCUT2D eigenvalue weighted by atomic mass is 32.1. The average Bonchev–Trinajstić information content (AvgIpc) is 3.25. The van der Waals surface area contributed by atoms with Crippen molar-refractivity contribution in [3.05, 3.63) is 68.2 Å². The molecule has 0 fully saturated rings. The highest BCUT2D eigenvalue weighted by Crippen LogP contribution is 2.26. The number of rotatable bonds is 5. The Morgan fingerprint density at radius 1 is 1.21 bits per heavy atom. The fraction of sp³-hybridized carbons (Fsp3) is 0. The number of hydrogen-bond acceptors (Lipinski definition) is 6. The first-order chi connectivity index (χ1) is 11.6. The predicted octanol–water partition coefficient (Wildman–Crippen LogP) is 4.43. The molecule has 0 aliphatic heterocycles. The molecule has 3 rings (SSSR count). The molecule has 6 nitrogen and oxygen atoms in total. The van der Waals surface area contributed by atoms with Gasteiger partial charge < -0.3 is 0 Å². The zero-order valence-electron chi connectivity index (χ0n) is 12.2. The molecule has 0 saturated carbocycles. The van der Waals surface area contributed by atoms with Crippen LogP contribution in [-0.4, -0.2) is 15.8 Å². The van der Waals surface area contributed by atoms with Gasteiger partial charge in [0.15, 0.2) is 5.13 Å². The molecule has 0 aliphatic rings. The second-order valence-corrected chi connectivity index (χ2v) is 6.52. The van der Waals surface area contributed by atoms with E-state index in [1.807, 2.05) is 17.5 Å². The normalized spacial score (nSPS) is 10.8. The number of thiophene rings is 1. The van der Waals surface area contributed by atoms with Crippen LogP contribution < -0.4 is 5.32 Å². The number of nitrogens with one attached hydrogen (secondary N) is 1. The van der Waals surface area contributed by atoms with Gasteiger partial charge in [-0.2, -0.15) is 0 Å². The van der Waals surface area contributed by atoms with E-state index >= 15 is 0 Å². The zero-order chi connectivity index (χ0) is 16.9. The number of anilines is 1. The average molecular weight is 357 g/mol. The summed E-state index contributed by atoms with van der Waals surface area (Å²) in [5.74, 6) is -0.256. The zero-order valence-corrected chi connectivity index (χ0v) is 13.8. The van der Waals surface area contributed by atoms with E-state index < -0.39 is 4.92 Å². The molecule has 8 heteroatoms. The molecule has 0 saturated heterocycles. The third-order valence-electron chi connectivity index (χ3n) is 3.05. The second-order valence-electron chi connectivity index (χ2n) is 4.68. The van der Waals surface area contributed by atoms with Crippen LogP contribution in [-0.2, 0) is 4.79 Å². The van der Waals surface area contributed by atoms with Gasteiger partial charge in [-0.25, -0.2) is 4.98 Å². The number of carbonyl (C=O) groups is 1. The molecule has 2 heterocycles. The van der Waals surface area contributed by atoms with Gasteiger partial charge in [-0.15, -0.1) is 22.7 Å². The van der Waals surface area contributed by atoms with Gasteiger partial charge >= 0.3 is 0 Å². The molecule has 120 valence electrons. The number of benzene rings is 1. The lowest BCUT2D eigenvalue weighted by Gasteiger charge is -1.97. The number of nitro groups is 1. The number of amides is 1. The third-order valence-corrected chi connectivity index (χ3v) is 4.65. The molecule has 0 bridgehead atoms. The fourth-order valence-electron chi connectivity index (χ4n) is 1.91. The van der Waals surface area contributed by atoms with Gasteiger partial charge in [-0.05, 0) is 29.7 Å². The van der Waals surface area contributed by atoms with Crippen LogP contribution in [0.5, 0.6) is 0 Å². The minimum atomic E-state index is -0.448. The van der Waals surface area contributed by atoms with Gasteiger partial charge in [0.1, 0.15) is 0 Å². The summed E-state index contributed by atoms with van der Waals surface area (Å²) in [4.78, 5) is 27.4. The number of thiazole rings is 1. The Kier molecular flexibility index (Phi) is 4.78. The van der Waals surface area contributed by atoms with Crippen molar-refractivity contribution in [3.8, 4) is 11.3 Å². The third kappa shape index (κ3) is 3.92. The number of carbonyl (C=O) groups excluding carboxylic acids is 1. The van der Waals surface area contributed by atoms with Crippen LogP contribution in [0.4, 0.5) is 10.8 Å². The van der Waals surface area contributed by atoms with Crippen molar-refractivity contribution < 1.29 is 9.72 Å². The Morgan fingerprint density at radius 3 is 2.67 bits per heavy atom. The van der Waals surface area contributed by atoms with E-state index in [4.69, 9.17) is 0 Å². The van der Waals surface area contributed by atoms with Gasteiger partial charge in [-0.3, -0.25) is 20.2 Å². The molecule has 0 radical (unpaired) electrons. The first kappa shape index (κ1) is 16.0. The molecule has 2 aromatic heterocycles. The smallest absolute Gasteiger partial charge is 0.269 e. The van der Waals surface area contributed by atoms with E-state index in [1.54, 1.807) is 34.9 Å². The number of aromatic nitrogens is 1. The summed E-state index contributed by atoms with van der Waals surface area (Å²) in [5, 5.41) is 17.6. The van der Waals surface area contributed by atoms with Gasteiger partial charge in [0.25, 0.3) is 5.69 Å². The van der Waals surface area contributed by atoms with Crippen LogP contribution in [0.2, 0.25) is 0 Å². The van der Waals surface area contributed by atoms with Crippen molar-refractivity contribution >= 4 is 45.5 Å². The minimum absolute atomic E-state index is 0.0289. The Balaban J connectivity index is 1.66. The van der Waals surface area contributed by atoms with Crippen molar-refractivity contribution in [3.63, 3.8) is 0 Å². The Hall–Kier alpha value is -2.84. The Morgan fingerprint density at radius 2 is 2.00 bits per heavy atom. The molecule has 1 N–H and O–H groups in total. The molecule has 3 aromatic rings. The molecule has 24 heavy (non-hydrogen) atoms. The minimum Gasteiger partial charge on any atom is -0.298 e. The van der Waals surface area contributed by atoms with Gasteiger partial charge in [-0.1, -0.05) is 6.07 Å². The lowest BCUT2D eigenvalue weighted by atomic mass is 10.1. The molecule has 0 unspecified atom stereocenters. The maximum atomic E-state index is 11.9. The lowest BCUT2D eigenvalue weighted by molar-refractivity contribution is -0.384. The van der Waals surface area contributed by atoms with Crippen LogP contribution in [0.3, 0.4) is 0 Å². The van der Waals surface area contributed by atoms with Crippen LogP contribution in [0, 0.1) is 10.1 Å². The van der Waals surface area contributed by atoms with Gasteiger partial charge in [0.05, 0.1) is 10.6 Å². The van der Waals surface area contributed by atoms with Gasteiger partial charge in [0, 0.05) is 34.0 Å². The van der Waals surface area contributed by atoms with Crippen molar-refractivity contribution in [2.24, 2.45) is 0 Å². The lowest BCUT2D eigenvalue weighted by Crippen LogP contribution is -2.07. The summed E-state index contributed by atoms with van der Waals surface area (Å²) in [5.41, 5.74) is 1.44. The van der Waals surface area contributed by atoms with Crippen molar-refractivity contribution in [1.82, 2.24) is 4.98 Å². The molecule has 1 aromatic carbocycles. The van der Waals surface area contributed by atoms with E-state index in [9.17, 15) is 14.9 Å². The van der Waals surface area contributed by atoms with Crippen molar-refractivity contribution in [2.45, 2.75) is 0 Å². The summed E-state index contributed by atoms with van der Waals surface area (Å²) in [6.45, 7) is 0. The summed E-state index contributed by atoms with van der Waals surface area (Å²) < 4.78 is 0. The fourth-order valence-corrected chi connectivity index (χ4v) is 3.25. The SMILES string of the molecule is O=C(C=Cc1cccs1)Nc1nc(-c2ccc([N+](=O)[O-])cc2)cs1. The Labute approximate surface area is 145 Å². The molecule has 0 aliphatic carbocycles. The predicted molar refractivity (Wildman–Crippen MR) is 96.2 cm³/mol. The van der Waals surface area contributed by atoms with E-state index in [0.29, 0.717) is 10.8 Å². The van der Waals surface area contributed by atoms with E-state index in [0.717, 1.165) is 10.4 Å².